The van der Waals surface area contributed by atoms with Crippen LogP contribution >= 0.6 is 0 Å². The first-order chi connectivity index (χ1) is 10.7. The quantitative estimate of drug-likeness (QED) is 0.724. The van der Waals surface area contributed by atoms with Crippen molar-refractivity contribution in [2.24, 2.45) is 5.92 Å². The predicted octanol–water partition coefficient (Wildman–Crippen LogP) is 4.12. The summed E-state index contributed by atoms with van der Waals surface area (Å²) in [5.74, 6) is -1.68. The number of anilines is 1. The molecule has 7 heteroatoms. The van der Waals surface area contributed by atoms with Crippen LogP contribution in [0.3, 0.4) is 0 Å². The maximum Gasteiger partial charge on any atom is 0.264 e. The molecule has 0 amide bonds. The van der Waals surface area contributed by atoms with Gasteiger partial charge in [0.15, 0.2) is 0 Å². The van der Waals surface area contributed by atoms with Crippen molar-refractivity contribution >= 4 is 15.7 Å². The molecule has 0 fully saturated rings. The van der Waals surface area contributed by atoms with E-state index in [1.165, 1.54) is 12.1 Å². The molecule has 128 valence electrons. The van der Waals surface area contributed by atoms with Gasteiger partial charge >= 0.3 is 0 Å². The number of hydrogen-bond acceptors (Lipinski definition) is 2. The van der Waals surface area contributed by atoms with Gasteiger partial charge in [0.05, 0.1) is 10.6 Å². The molecule has 0 aliphatic rings. The van der Waals surface area contributed by atoms with Gasteiger partial charge in [-0.1, -0.05) is 31.5 Å². The predicted molar refractivity (Wildman–Crippen MR) is 86.9 cm³/mol. The molecule has 0 N–H and O–H groups in total. The van der Waals surface area contributed by atoms with E-state index in [0.29, 0.717) is 6.07 Å². The van der Waals surface area contributed by atoms with Crippen LogP contribution in [0.1, 0.15) is 19.4 Å². The molecule has 0 radical (unpaired) electrons. The number of rotatable bonds is 5. The van der Waals surface area contributed by atoms with Crippen LogP contribution in [0.15, 0.2) is 47.4 Å². The maximum absolute atomic E-state index is 14.1. The van der Waals surface area contributed by atoms with E-state index in [4.69, 9.17) is 0 Å². The van der Waals surface area contributed by atoms with Gasteiger partial charge in [0.25, 0.3) is 10.0 Å². The van der Waals surface area contributed by atoms with E-state index in [2.05, 4.69) is 0 Å². The van der Waals surface area contributed by atoms with E-state index in [0.717, 1.165) is 22.0 Å². The number of benzene rings is 2. The van der Waals surface area contributed by atoms with E-state index < -0.39 is 21.7 Å². The molecule has 0 heterocycles. The molecule has 2 aromatic carbocycles. The van der Waals surface area contributed by atoms with Gasteiger partial charge < -0.3 is 0 Å². The Hall–Kier alpha value is -1.24. The topological polar surface area (TPSA) is 37.4 Å². The molecule has 2 aromatic rings. The molecule has 0 bridgehead atoms. The van der Waals surface area contributed by atoms with Gasteiger partial charge in [-0.3, -0.25) is 4.31 Å². The first-order valence-corrected chi connectivity index (χ1v) is 8.70. The van der Waals surface area contributed by atoms with Crippen LogP contribution in [0.5, 0.6) is 0 Å². The maximum atomic E-state index is 14.1. The fraction of sp³-hybridized carbons (Fsp3) is 0.294. The minimum Gasteiger partial charge on any atom is -0.263 e. The minimum atomic E-state index is -3.93. The summed E-state index contributed by atoms with van der Waals surface area (Å²) in [6, 6.07) is 9.23. The Kier molecular flexibility index (Phi) is 7.14. The van der Waals surface area contributed by atoms with Crippen molar-refractivity contribution in [2.75, 3.05) is 10.8 Å². The Labute approximate surface area is 156 Å². The third kappa shape index (κ3) is 4.65. The number of aryl methyl sites for hydroxylation is 1. The Balaban J connectivity index is 0.00000288. The smallest absolute Gasteiger partial charge is 0.263 e. The fourth-order valence-corrected chi connectivity index (χ4v) is 3.81. The Morgan fingerprint density at radius 2 is 1.62 bits per heavy atom. The van der Waals surface area contributed by atoms with Crippen molar-refractivity contribution in [1.82, 2.24) is 0 Å². The van der Waals surface area contributed by atoms with Crippen molar-refractivity contribution < 1.29 is 38.9 Å². The zero-order valence-electron chi connectivity index (χ0n) is 13.8. The first-order valence-electron chi connectivity index (χ1n) is 7.26. The van der Waals surface area contributed by atoms with Crippen LogP contribution in [0.2, 0.25) is 0 Å². The average Bonchev–Trinajstić information content (AvgIpc) is 2.45. The molecule has 0 aromatic heterocycles. The summed E-state index contributed by atoms with van der Waals surface area (Å²) >= 11 is 0. The Bertz CT molecular complexity index is 793. The molecule has 3 nitrogen and oxygen atoms in total. The van der Waals surface area contributed by atoms with Crippen LogP contribution in [-0.2, 0) is 31.7 Å². The van der Waals surface area contributed by atoms with Crippen LogP contribution in [0.4, 0.5) is 14.5 Å². The van der Waals surface area contributed by atoms with Crippen molar-refractivity contribution in [3.8, 4) is 0 Å². The van der Waals surface area contributed by atoms with Crippen molar-refractivity contribution in [2.45, 2.75) is 25.7 Å². The average molecular weight is 387 g/mol. The third-order valence-corrected chi connectivity index (χ3v) is 5.11. The summed E-state index contributed by atoms with van der Waals surface area (Å²) in [4.78, 5) is 0.0764. The largest absolute Gasteiger partial charge is 0.264 e. The number of sulfonamides is 1. The molecule has 0 aliphatic heterocycles. The molecule has 0 atom stereocenters. The van der Waals surface area contributed by atoms with Gasteiger partial charge in [0, 0.05) is 34.3 Å². The van der Waals surface area contributed by atoms with Crippen LogP contribution in [-0.4, -0.2) is 15.0 Å². The molecule has 0 unspecified atom stereocenters. The summed E-state index contributed by atoms with van der Waals surface area (Å²) in [6.45, 7) is 5.61. The molecular formula is C17H19F2NO2STi. The number of hydrogen-bond donors (Lipinski definition) is 0. The second-order valence-corrected chi connectivity index (χ2v) is 7.70. The monoisotopic (exact) mass is 387 g/mol. The van der Waals surface area contributed by atoms with Gasteiger partial charge in [0.1, 0.15) is 11.6 Å². The zero-order valence-corrected chi connectivity index (χ0v) is 16.1. The molecular weight excluding hydrogens is 368 g/mol. The second-order valence-electron chi connectivity index (χ2n) is 5.84. The van der Waals surface area contributed by atoms with Gasteiger partial charge in [-0.15, -0.1) is 0 Å². The molecule has 0 aliphatic carbocycles. The number of nitrogens with zero attached hydrogens (tertiary/aromatic N) is 1. The van der Waals surface area contributed by atoms with Crippen molar-refractivity contribution in [3.63, 3.8) is 0 Å². The van der Waals surface area contributed by atoms with Gasteiger partial charge in [-0.2, -0.15) is 0 Å². The van der Waals surface area contributed by atoms with E-state index in [-0.39, 0.29) is 44.8 Å². The summed E-state index contributed by atoms with van der Waals surface area (Å²) in [6.07, 6.45) is 0. The Morgan fingerprint density at radius 3 is 2.12 bits per heavy atom. The first kappa shape index (κ1) is 20.8. The summed E-state index contributed by atoms with van der Waals surface area (Å²) in [7, 11) is -3.93. The van der Waals surface area contributed by atoms with E-state index >= 15 is 0 Å². The van der Waals surface area contributed by atoms with Crippen LogP contribution in [0.25, 0.3) is 0 Å². The molecule has 0 saturated heterocycles. The van der Waals surface area contributed by atoms with Gasteiger partial charge in [0.2, 0.25) is 0 Å². The third-order valence-electron chi connectivity index (χ3n) is 3.32. The van der Waals surface area contributed by atoms with Crippen LogP contribution < -0.4 is 4.31 Å². The zero-order chi connectivity index (χ0) is 17.2. The summed E-state index contributed by atoms with van der Waals surface area (Å²) < 4.78 is 54.0. The Morgan fingerprint density at radius 1 is 1.04 bits per heavy atom. The fourth-order valence-electron chi connectivity index (χ4n) is 2.18. The van der Waals surface area contributed by atoms with E-state index in [9.17, 15) is 17.2 Å². The van der Waals surface area contributed by atoms with Crippen LogP contribution in [0, 0.1) is 24.5 Å². The van der Waals surface area contributed by atoms with Crippen molar-refractivity contribution in [3.05, 3.63) is 59.7 Å². The minimum absolute atomic E-state index is 0. The van der Waals surface area contributed by atoms with E-state index in [1.54, 1.807) is 12.1 Å². The molecule has 2 rings (SSSR count). The summed E-state index contributed by atoms with van der Waals surface area (Å²) in [5.41, 5.74) is 0.771. The molecule has 0 saturated carbocycles. The SMILES string of the molecule is Cc1ccc(S(=O)(=O)N(CC(C)C)c2ccc(F)cc2F)cc1.[Ti]. The van der Waals surface area contributed by atoms with Gasteiger partial charge in [-0.05, 0) is 37.1 Å². The number of halogens is 2. The van der Waals surface area contributed by atoms with E-state index in [1.807, 2.05) is 20.8 Å². The normalized spacial score (nSPS) is 11.2. The standard InChI is InChI=1S/C17H19F2NO2S.Ti/c1-12(2)11-20(17-9-6-14(18)10-16(17)19)23(21,22)15-7-4-13(3)5-8-15;/h4-10,12H,11H2,1-3H3;. The molecule has 24 heavy (non-hydrogen) atoms. The molecule has 0 spiro atoms. The summed E-state index contributed by atoms with van der Waals surface area (Å²) in [5, 5.41) is 0. The van der Waals surface area contributed by atoms with Gasteiger partial charge in [-0.25, -0.2) is 17.2 Å². The van der Waals surface area contributed by atoms with Crippen molar-refractivity contribution in [1.29, 1.82) is 0 Å². The second kappa shape index (κ2) is 8.23.